The second-order valence-electron chi connectivity index (χ2n) is 7.75. The van der Waals surface area contributed by atoms with Crippen molar-refractivity contribution >= 4 is 17.5 Å². The molecular weight excluding hydrogens is 392 g/mol. The summed E-state index contributed by atoms with van der Waals surface area (Å²) >= 11 is 6.05. The standard InChI is InChI=1S/C26H25ClN2O/c1-18-13-14-23(29(24(30)16-27)26(18)21-11-7-4-8-12-21)22-15-19(2)25(28-17-22)20-9-5-3-6-10-20/h3-13,15,17,23,26H,14,16H2,1-2H3/t23-,26+/m1/s1. The summed E-state index contributed by atoms with van der Waals surface area (Å²) in [5, 5.41) is 0. The van der Waals surface area contributed by atoms with Gasteiger partial charge in [0.1, 0.15) is 5.88 Å². The maximum atomic E-state index is 13.0. The monoisotopic (exact) mass is 416 g/mol. The van der Waals surface area contributed by atoms with E-state index in [2.05, 4.69) is 50.3 Å². The molecule has 4 heteroatoms. The zero-order valence-corrected chi connectivity index (χ0v) is 18.0. The lowest BCUT2D eigenvalue weighted by Gasteiger charge is -2.42. The van der Waals surface area contributed by atoms with E-state index in [1.54, 1.807) is 0 Å². The van der Waals surface area contributed by atoms with Crippen molar-refractivity contribution in [2.75, 3.05) is 5.88 Å². The first kappa shape index (κ1) is 20.4. The van der Waals surface area contributed by atoms with Crippen LogP contribution < -0.4 is 0 Å². The fourth-order valence-electron chi connectivity index (χ4n) is 4.34. The van der Waals surface area contributed by atoms with Gasteiger partial charge in [-0.25, -0.2) is 0 Å². The second-order valence-corrected chi connectivity index (χ2v) is 8.01. The summed E-state index contributed by atoms with van der Waals surface area (Å²) in [4.78, 5) is 19.7. The largest absolute Gasteiger partial charge is 0.323 e. The number of carbonyl (C=O) groups excluding carboxylic acids is 1. The Hall–Kier alpha value is -2.91. The molecule has 2 aromatic carbocycles. The number of hydrogen-bond donors (Lipinski definition) is 0. The number of benzene rings is 2. The third-order valence-electron chi connectivity index (χ3n) is 5.76. The van der Waals surface area contributed by atoms with Crippen LogP contribution >= 0.6 is 11.6 Å². The first-order chi connectivity index (χ1) is 14.6. The average Bonchev–Trinajstić information content (AvgIpc) is 2.79. The lowest BCUT2D eigenvalue weighted by Crippen LogP contribution is -2.41. The van der Waals surface area contributed by atoms with Gasteiger partial charge < -0.3 is 4.90 Å². The van der Waals surface area contributed by atoms with E-state index in [1.807, 2.05) is 47.5 Å². The number of rotatable bonds is 4. The van der Waals surface area contributed by atoms with Gasteiger partial charge in [0.2, 0.25) is 5.91 Å². The molecule has 4 rings (SSSR count). The molecule has 1 aromatic heterocycles. The molecule has 2 heterocycles. The van der Waals surface area contributed by atoms with Crippen LogP contribution in [0.25, 0.3) is 11.3 Å². The van der Waals surface area contributed by atoms with Gasteiger partial charge in [-0.2, -0.15) is 0 Å². The molecular formula is C26H25ClN2O. The van der Waals surface area contributed by atoms with Gasteiger partial charge in [-0.05, 0) is 37.0 Å². The minimum absolute atomic E-state index is 0.0401. The van der Waals surface area contributed by atoms with Crippen LogP contribution in [-0.4, -0.2) is 21.7 Å². The molecule has 30 heavy (non-hydrogen) atoms. The first-order valence-electron chi connectivity index (χ1n) is 10.2. The molecule has 0 aliphatic carbocycles. The van der Waals surface area contributed by atoms with Crippen molar-refractivity contribution < 1.29 is 4.79 Å². The molecule has 0 spiro atoms. The highest BCUT2D eigenvalue weighted by molar-refractivity contribution is 6.27. The van der Waals surface area contributed by atoms with Gasteiger partial charge in [-0.3, -0.25) is 9.78 Å². The van der Waals surface area contributed by atoms with Crippen LogP contribution in [0, 0.1) is 6.92 Å². The molecule has 3 nitrogen and oxygen atoms in total. The predicted molar refractivity (Wildman–Crippen MR) is 122 cm³/mol. The summed E-state index contributed by atoms with van der Waals surface area (Å²) in [5.74, 6) is -0.102. The van der Waals surface area contributed by atoms with Crippen molar-refractivity contribution in [2.24, 2.45) is 0 Å². The van der Waals surface area contributed by atoms with Crippen LogP contribution in [-0.2, 0) is 4.79 Å². The van der Waals surface area contributed by atoms with Gasteiger partial charge in [-0.1, -0.05) is 78.4 Å². The van der Waals surface area contributed by atoms with Gasteiger partial charge in [0.05, 0.1) is 17.8 Å². The van der Waals surface area contributed by atoms with E-state index in [0.717, 1.165) is 34.4 Å². The van der Waals surface area contributed by atoms with Crippen LogP contribution in [0.5, 0.6) is 0 Å². The molecule has 0 fully saturated rings. The third kappa shape index (κ3) is 3.90. The molecule has 0 bridgehead atoms. The minimum atomic E-state index is -0.120. The Balaban J connectivity index is 1.76. The lowest BCUT2D eigenvalue weighted by molar-refractivity contribution is -0.133. The van der Waals surface area contributed by atoms with E-state index in [0.29, 0.717) is 0 Å². The normalized spacial score (nSPS) is 18.8. The fourth-order valence-corrected chi connectivity index (χ4v) is 4.48. The highest BCUT2D eigenvalue weighted by Gasteiger charge is 2.36. The number of pyridine rings is 1. The maximum Gasteiger partial charge on any atom is 0.238 e. The van der Waals surface area contributed by atoms with Gasteiger partial charge in [-0.15, -0.1) is 11.6 Å². The van der Waals surface area contributed by atoms with Crippen LogP contribution in [0.15, 0.2) is 84.6 Å². The number of nitrogens with zero attached hydrogens (tertiary/aromatic N) is 2. The zero-order chi connectivity index (χ0) is 21.1. The Bertz CT molecular complexity index is 1060. The molecule has 0 unspecified atom stereocenters. The molecule has 1 amide bonds. The number of carbonyl (C=O) groups is 1. The predicted octanol–water partition coefficient (Wildman–Crippen LogP) is 6.26. The average molecular weight is 417 g/mol. The summed E-state index contributed by atoms with van der Waals surface area (Å²) in [7, 11) is 0. The van der Waals surface area contributed by atoms with E-state index in [9.17, 15) is 4.79 Å². The minimum Gasteiger partial charge on any atom is -0.323 e. The number of hydrogen-bond acceptors (Lipinski definition) is 2. The van der Waals surface area contributed by atoms with Gasteiger partial charge in [0.15, 0.2) is 0 Å². The molecule has 0 saturated carbocycles. The van der Waals surface area contributed by atoms with Crippen LogP contribution in [0.4, 0.5) is 0 Å². The van der Waals surface area contributed by atoms with Crippen LogP contribution in [0.3, 0.4) is 0 Å². The lowest BCUT2D eigenvalue weighted by atomic mass is 9.87. The quantitative estimate of drug-likeness (QED) is 0.371. The summed E-state index contributed by atoms with van der Waals surface area (Å²) < 4.78 is 0. The molecule has 0 N–H and O–H groups in total. The molecule has 2 atom stereocenters. The van der Waals surface area contributed by atoms with E-state index >= 15 is 0 Å². The van der Waals surface area contributed by atoms with E-state index in [1.165, 1.54) is 5.57 Å². The molecule has 0 saturated heterocycles. The summed E-state index contributed by atoms with van der Waals surface area (Å²) in [5.41, 5.74) is 6.46. The van der Waals surface area contributed by atoms with Crippen molar-refractivity contribution in [1.29, 1.82) is 0 Å². The molecule has 152 valence electrons. The summed E-state index contributed by atoms with van der Waals surface area (Å²) in [6, 6.07) is 22.3. The van der Waals surface area contributed by atoms with Crippen molar-refractivity contribution in [3.63, 3.8) is 0 Å². The zero-order valence-electron chi connectivity index (χ0n) is 17.3. The number of halogens is 1. The van der Waals surface area contributed by atoms with E-state index < -0.39 is 0 Å². The fraction of sp³-hybridized carbons (Fsp3) is 0.231. The molecule has 0 radical (unpaired) electrons. The van der Waals surface area contributed by atoms with E-state index in [-0.39, 0.29) is 23.9 Å². The summed E-state index contributed by atoms with van der Waals surface area (Å²) in [6.45, 7) is 4.16. The Morgan fingerprint density at radius 1 is 1.03 bits per heavy atom. The summed E-state index contributed by atoms with van der Waals surface area (Å²) in [6.07, 6.45) is 4.90. The number of alkyl halides is 1. The van der Waals surface area contributed by atoms with Gasteiger partial charge in [0, 0.05) is 11.8 Å². The van der Waals surface area contributed by atoms with Crippen molar-refractivity contribution in [2.45, 2.75) is 32.4 Å². The number of aryl methyl sites for hydroxylation is 1. The highest BCUT2D eigenvalue weighted by Crippen LogP contribution is 2.42. The Labute approximate surface area is 183 Å². The van der Waals surface area contributed by atoms with E-state index in [4.69, 9.17) is 16.6 Å². The molecule has 3 aromatic rings. The maximum absolute atomic E-state index is 13.0. The van der Waals surface area contributed by atoms with Crippen LogP contribution in [0.2, 0.25) is 0 Å². The van der Waals surface area contributed by atoms with Gasteiger partial charge in [0.25, 0.3) is 0 Å². The first-order valence-corrected chi connectivity index (χ1v) is 10.7. The van der Waals surface area contributed by atoms with Crippen molar-refractivity contribution in [1.82, 2.24) is 9.88 Å². The second kappa shape index (κ2) is 8.85. The van der Waals surface area contributed by atoms with Crippen molar-refractivity contribution in [3.05, 3.63) is 101 Å². The van der Waals surface area contributed by atoms with Crippen molar-refractivity contribution in [3.8, 4) is 11.3 Å². The smallest absolute Gasteiger partial charge is 0.238 e. The van der Waals surface area contributed by atoms with Gasteiger partial charge >= 0.3 is 0 Å². The number of amides is 1. The third-order valence-corrected chi connectivity index (χ3v) is 5.99. The SMILES string of the molecule is CC1=CC[C@H](c2cnc(-c3ccccc3)c(C)c2)N(C(=O)CCl)[C@@H]1c1ccccc1. The Kier molecular flexibility index (Phi) is 6.01. The molecule has 1 aliphatic heterocycles. The Morgan fingerprint density at radius 3 is 2.33 bits per heavy atom. The van der Waals surface area contributed by atoms with Crippen LogP contribution in [0.1, 0.15) is 42.1 Å². The topological polar surface area (TPSA) is 33.2 Å². The Morgan fingerprint density at radius 2 is 1.70 bits per heavy atom. The highest BCUT2D eigenvalue weighted by atomic mass is 35.5. The molecule has 1 aliphatic rings. The number of aromatic nitrogens is 1.